The van der Waals surface area contributed by atoms with E-state index in [1.54, 1.807) is 19.3 Å². The molecule has 32 heavy (non-hydrogen) atoms. The lowest BCUT2D eigenvalue weighted by atomic mass is 10.3. The molecule has 0 radical (unpaired) electrons. The van der Waals surface area contributed by atoms with Crippen molar-refractivity contribution in [3.63, 3.8) is 0 Å². The summed E-state index contributed by atoms with van der Waals surface area (Å²) < 4.78 is 0.783. The Morgan fingerprint density at radius 2 is 1.59 bits per heavy atom. The Morgan fingerprint density at radius 3 is 2.19 bits per heavy atom. The first-order chi connectivity index (χ1) is 15.4. The summed E-state index contributed by atoms with van der Waals surface area (Å²) in [4.78, 5) is 17.6. The minimum Gasteiger partial charge on any atom is -0.395 e. The van der Waals surface area contributed by atoms with Crippen molar-refractivity contribution < 1.29 is 10.2 Å². The van der Waals surface area contributed by atoms with Gasteiger partial charge in [-0.2, -0.15) is 4.98 Å². The lowest BCUT2D eigenvalue weighted by Crippen LogP contribution is -2.15. The van der Waals surface area contributed by atoms with Gasteiger partial charge in [-0.05, 0) is 54.0 Å². The van der Waals surface area contributed by atoms with Crippen LogP contribution in [0.15, 0.2) is 46.2 Å². The highest BCUT2D eigenvalue weighted by Gasteiger charge is 2.15. The molecule has 0 aliphatic rings. The number of nitrogens with zero attached hydrogens (tertiary/aromatic N) is 4. The van der Waals surface area contributed by atoms with E-state index in [0.29, 0.717) is 24.3 Å². The van der Waals surface area contributed by atoms with Crippen LogP contribution in [-0.2, 0) is 0 Å². The Morgan fingerprint density at radius 1 is 1.00 bits per heavy atom. The average Bonchev–Trinajstić information content (AvgIpc) is 2.77. The van der Waals surface area contributed by atoms with Crippen LogP contribution in [0.1, 0.15) is 19.4 Å². The molecule has 0 amide bonds. The summed E-state index contributed by atoms with van der Waals surface area (Å²) in [5, 5.41) is 28.9. The van der Waals surface area contributed by atoms with E-state index in [0.717, 1.165) is 26.4 Å². The van der Waals surface area contributed by atoms with E-state index in [4.69, 9.17) is 5.11 Å². The molecule has 0 aliphatic carbocycles. The molecular formula is C21H26BrN7O2S. The van der Waals surface area contributed by atoms with Crippen LogP contribution in [0.2, 0.25) is 0 Å². The third-order valence-electron chi connectivity index (χ3n) is 4.46. The fraction of sp³-hybridized carbons (Fsp3) is 0.333. The van der Waals surface area contributed by atoms with Crippen molar-refractivity contribution in [2.24, 2.45) is 0 Å². The molecule has 1 aromatic carbocycles. The number of benzene rings is 1. The van der Waals surface area contributed by atoms with Gasteiger partial charge in [0, 0.05) is 41.1 Å². The highest BCUT2D eigenvalue weighted by molar-refractivity contribution is 9.10. The monoisotopic (exact) mass is 519 g/mol. The number of anilines is 5. The first-order valence-corrected chi connectivity index (χ1v) is 11.7. The number of aromatic nitrogens is 4. The van der Waals surface area contributed by atoms with E-state index >= 15 is 0 Å². The molecule has 0 aliphatic heterocycles. The fourth-order valence-electron chi connectivity index (χ4n) is 2.52. The highest BCUT2D eigenvalue weighted by atomic mass is 79.9. The van der Waals surface area contributed by atoms with Crippen LogP contribution >= 0.6 is 27.7 Å². The molecule has 170 valence electrons. The smallest absolute Gasteiger partial charge is 0.229 e. The second kappa shape index (κ2) is 11.4. The maximum absolute atomic E-state index is 9.75. The summed E-state index contributed by atoms with van der Waals surface area (Å²) in [7, 11) is 0. The molecule has 2 atom stereocenters. The van der Waals surface area contributed by atoms with Crippen LogP contribution in [-0.4, -0.2) is 54.7 Å². The number of hydrogen-bond acceptors (Lipinski definition) is 10. The summed E-state index contributed by atoms with van der Waals surface area (Å²) in [5.41, 5.74) is 2.55. The van der Waals surface area contributed by atoms with Crippen LogP contribution in [0.4, 0.5) is 29.1 Å². The number of aliphatic hydroxyl groups excluding tert-OH is 2. The van der Waals surface area contributed by atoms with E-state index in [2.05, 4.69) is 51.8 Å². The number of aryl methyl sites for hydroxylation is 1. The van der Waals surface area contributed by atoms with E-state index in [9.17, 15) is 5.11 Å². The minimum absolute atomic E-state index is 0.00255. The van der Waals surface area contributed by atoms with Gasteiger partial charge in [0.05, 0.1) is 17.2 Å². The molecule has 0 saturated carbocycles. The van der Waals surface area contributed by atoms with Gasteiger partial charge in [-0.25, -0.2) is 15.0 Å². The third kappa shape index (κ3) is 6.76. The Kier molecular flexibility index (Phi) is 8.62. The second-order valence-corrected chi connectivity index (χ2v) is 9.33. The first kappa shape index (κ1) is 24.2. The summed E-state index contributed by atoms with van der Waals surface area (Å²) >= 11 is 4.95. The van der Waals surface area contributed by atoms with Crippen molar-refractivity contribution in [2.75, 3.05) is 29.1 Å². The van der Waals surface area contributed by atoms with Gasteiger partial charge in [-0.3, -0.25) is 0 Å². The molecule has 0 bridgehead atoms. The fourth-order valence-corrected chi connectivity index (χ4v) is 3.84. The summed E-state index contributed by atoms with van der Waals surface area (Å²) in [5.74, 6) is 1.61. The Hall–Kier alpha value is -2.47. The molecule has 3 aromatic rings. The zero-order valence-electron chi connectivity index (χ0n) is 18.0. The molecule has 9 nitrogen and oxygen atoms in total. The number of aliphatic hydroxyl groups is 2. The summed E-state index contributed by atoms with van der Waals surface area (Å²) in [6.45, 7) is 6.07. The summed E-state index contributed by atoms with van der Waals surface area (Å²) in [6.07, 6.45) is 2.97. The number of nitrogens with one attached hydrogen (secondary N) is 3. The second-order valence-electron chi connectivity index (χ2n) is 7.11. The van der Waals surface area contributed by atoms with Crippen LogP contribution in [0.5, 0.6) is 0 Å². The van der Waals surface area contributed by atoms with Crippen LogP contribution in [0.25, 0.3) is 0 Å². The van der Waals surface area contributed by atoms with Crippen LogP contribution in [0.3, 0.4) is 0 Å². The molecule has 5 N–H and O–H groups in total. The van der Waals surface area contributed by atoms with Gasteiger partial charge in [-0.15, -0.1) is 0 Å². The molecule has 0 spiro atoms. The predicted octanol–water partition coefficient (Wildman–Crippen LogP) is 4.09. The normalized spacial score (nSPS) is 12.8. The average molecular weight is 520 g/mol. The molecule has 0 unspecified atom stereocenters. The molecule has 2 aromatic heterocycles. The molecule has 2 heterocycles. The van der Waals surface area contributed by atoms with Crippen molar-refractivity contribution in [2.45, 2.75) is 37.2 Å². The van der Waals surface area contributed by atoms with Crippen LogP contribution < -0.4 is 16.0 Å². The van der Waals surface area contributed by atoms with Crippen molar-refractivity contribution in [3.05, 3.63) is 46.7 Å². The molecule has 0 saturated heterocycles. The maximum Gasteiger partial charge on any atom is 0.229 e. The number of rotatable bonds is 10. The van der Waals surface area contributed by atoms with Gasteiger partial charge >= 0.3 is 0 Å². The Bertz CT molecular complexity index is 1040. The van der Waals surface area contributed by atoms with E-state index in [1.165, 1.54) is 11.8 Å². The highest BCUT2D eigenvalue weighted by Crippen LogP contribution is 2.31. The number of halogens is 1. The summed E-state index contributed by atoms with van der Waals surface area (Å²) in [6, 6.07) is 7.60. The zero-order valence-corrected chi connectivity index (χ0v) is 20.4. The van der Waals surface area contributed by atoms with Gasteiger partial charge in [-0.1, -0.05) is 18.7 Å². The number of thioether (sulfide) groups is 1. The lowest BCUT2D eigenvalue weighted by Gasteiger charge is -2.15. The van der Waals surface area contributed by atoms with Crippen LogP contribution in [0, 0.1) is 6.92 Å². The van der Waals surface area contributed by atoms with Gasteiger partial charge in [0.15, 0.2) is 0 Å². The topological polar surface area (TPSA) is 128 Å². The van der Waals surface area contributed by atoms with Crippen molar-refractivity contribution in [1.29, 1.82) is 0 Å². The van der Waals surface area contributed by atoms with E-state index < -0.39 is 6.10 Å². The predicted molar refractivity (Wildman–Crippen MR) is 132 cm³/mol. The van der Waals surface area contributed by atoms with Crippen molar-refractivity contribution in [1.82, 2.24) is 19.9 Å². The standard InChI is InChI=1S/C21H26BrN7O2S/c1-12-10-24-20(28-18(12)23-8-9-30)26-15-4-6-16(7-5-15)27-21-25-11-17(22)19(29-21)32-14(3)13(2)31/h4-7,10-11,13-14,30-31H,8-9H2,1-3H3,(H,25,27,29)(H2,23,24,26,28)/t13-,14-/m1/s1. The molecule has 0 fully saturated rings. The van der Waals surface area contributed by atoms with Gasteiger partial charge in [0.25, 0.3) is 0 Å². The lowest BCUT2D eigenvalue weighted by molar-refractivity contribution is 0.196. The Labute approximate surface area is 199 Å². The van der Waals surface area contributed by atoms with Gasteiger partial charge in [0.2, 0.25) is 11.9 Å². The minimum atomic E-state index is -0.447. The SMILES string of the molecule is Cc1cnc(Nc2ccc(Nc3ncc(Br)c(S[C@H](C)[C@@H](C)O)n3)cc2)nc1NCCO. The number of hydrogen-bond donors (Lipinski definition) is 5. The molecule has 3 rings (SSSR count). The zero-order chi connectivity index (χ0) is 23.1. The first-order valence-electron chi connectivity index (χ1n) is 10.1. The largest absolute Gasteiger partial charge is 0.395 e. The van der Waals surface area contributed by atoms with Crippen molar-refractivity contribution >= 4 is 56.8 Å². The Balaban J connectivity index is 1.66. The van der Waals surface area contributed by atoms with E-state index in [-0.39, 0.29) is 11.9 Å². The van der Waals surface area contributed by atoms with Gasteiger partial charge in [0.1, 0.15) is 10.8 Å². The van der Waals surface area contributed by atoms with Crippen molar-refractivity contribution in [3.8, 4) is 0 Å². The third-order valence-corrected chi connectivity index (χ3v) is 6.60. The quantitative estimate of drug-likeness (QED) is 0.197. The molecule has 11 heteroatoms. The van der Waals surface area contributed by atoms with E-state index in [1.807, 2.05) is 38.1 Å². The van der Waals surface area contributed by atoms with Gasteiger partial charge < -0.3 is 26.2 Å². The molecular weight excluding hydrogens is 494 g/mol. The maximum atomic E-state index is 9.75.